The molecule has 1 aromatic rings. The molecule has 39 heavy (non-hydrogen) atoms. The van der Waals surface area contributed by atoms with Crippen molar-refractivity contribution in [2.45, 2.75) is 123 Å². The molecule has 2 aliphatic heterocycles. The van der Waals surface area contributed by atoms with Crippen LogP contribution in [0.4, 0.5) is 0 Å². The Balaban J connectivity index is 1.56. The summed E-state index contributed by atoms with van der Waals surface area (Å²) in [6.45, 7) is 10.4. The Morgan fingerprint density at radius 1 is 0.974 bits per heavy atom. The van der Waals surface area contributed by atoms with Gasteiger partial charge in [-0.05, 0) is 58.2 Å². The lowest BCUT2D eigenvalue weighted by molar-refractivity contribution is -0.161. The molecule has 0 aromatic heterocycles. The lowest BCUT2D eigenvalue weighted by Gasteiger charge is -2.35. The van der Waals surface area contributed by atoms with E-state index in [0.717, 1.165) is 44.1 Å². The molecule has 2 aliphatic rings. The second-order valence-corrected chi connectivity index (χ2v) is 12.1. The first-order chi connectivity index (χ1) is 18.6. The van der Waals surface area contributed by atoms with E-state index in [1.807, 2.05) is 37.3 Å². The molecule has 2 fully saturated rings. The fraction of sp³-hybridized carbons (Fsp3) is 0.750. The van der Waals surface area contributed by atoms with Crippen LogP contribution in [0.25, 0.3) is 0 Å². The number of hydrogen-bond acceptors (Lipinski definition) is 6. The standard InChI is InChI=1S/C32H52N2O5/c1-8-12-26(34(6)7)19-27-15-16-28(38-27)21(2)31(37-24(5)35)22(3)29-17-18-30(39-29)23(4)32(36)33-20-25-13-10-9-11-14-25/h9-11,13-14,21-23,26-31H,8,12,15-20H2,1-7H3,(H,33,36)/t21-,22-,23-,26-,27+,28-,29+,30-,31+/m1/s1. The number of carbonyl (C=O) groups is 2. The topological polar surface area (TPSA) is 77.1 Å². The molecule has 0 saturated carbocycles. The molecule has 2 saturated heterocycles. The fourth-order valence-corrected chi connectivity index (χ4v) is 6.38. The van der Waals surface area contributed by atoms with Crippen molar-refractivity contribution >= 4 is 11.9 Å². The van der Waals surface area contributed by atoms with Gasteiger partial charge in [-0.15, -0.1) is 0 Å². The average Bonchev–Trinajstić information content (AvgIpc) is 3.60. The number of rotatable bonds is 14. The highest BCUT2D eigenvalue weighted by molar-refractivity contribution is 5.78. The minimum atomic E-state index is -0.294. The molecular formula is C32H52N2O5. The molecule has 7 nitrogen and oxygen atoms in total. The normalized spacial score (nSPS) is 27.1. The van der Waals surface area contributed by atoms with Gasteiger partial charge in [0.05, 0.1) is 30.3 Å². The molecule has 3 rings (SSSR count). The summed E-state index contributed by atoms with van der Waals surface area (Å²) in [6, 6.07) is 10.5. The first-order valence-corrected chi connectivity index (χ1v) is 15.1. The van der Waals surface area contributed by atoms with Crippen LogP contribution >= 0.6 is 0 Å². The van der Waals surface area contributed by atoms with Crippen molar-refractivity contribution in [3.8, 4) is 0 Å². The van der Waals surface area contributed by atoms with Crippen LogP contribution in [0, 0.1) is 17.8 Å². The summed E-state index contributed by atoms with van der Waals surface area (Å²) in [4.78, 5) is 27.3. The van der Waals surface area contributed by atoms with Crippen LogP contribution in [0.1, 0.15) is 85.1 Å². The third-order valence-corrected chi connectivity index (χ3v) is 8.91. The van der Waals surface area contributed by atoms with E-state index in [1.54, 1.807) is 0 Å². The maximum Gasteiger partial charge on any atom is 0.302 e. The number of nitrogens with zero attached hydrogens (tertiary/aromatic N) is 1. The summed E-state index contributed by atoms with van der Waals surface area (Å²) in [5.41, 5.74) is 1.08. The zero-order chi connectivity index (χ0) is 28.5. The molecule has 9 atom stereocenters. The second kappa shape index (κ2) is 15.2. The van der Waals surface area contributed by atoms with Gasteiger partial charge in [0.15, 0.2) is 0 Å². The van der Waals surface area contributed by atoms with E-state index in [1.165, 1.54) is 13.3 Å². The molecule has 0 spiro atoms. The number of benzene rings is 1. The molecule has 0 aliphatic carbocycles. The predicted octanol–water partition coefficient (Wildman–Crippen LogP) is 5.36. The van der Waals surface area contributed by atoms with Gasteiger partial charge in [-0.1, -0.05) is 64.4 Å². The SMILES string of the molecule is CCC[C@H](C[C@@H]1CC[C@H]([C@@H](C)[C@H](OC(C)=O)[C@H](C)[C@@H]2CC[C@H]([C@@H](C)C(=O)NCc3ccccc3)O2)O1)N(C)C. The van der Waals surface area contributed by atoms with Crippen LogP contribution in [-0.2, 0) is 30.3 Å². The van der Waals surface area contributed by atoms with E-state index in [4.69, 9.17) is 14.2 Å². The Hall–Kier alpha value is -1.96. The van der Waals surface area contributed by atoms with Gasteiger partial charge in [0.1, 0.15) is 6.10 Å². The second-order valence-electron chi connectivity index (χ2n) is 12.1. The summed E-state index contributed by atoms with van der Waals surface area (Å²) in [7, 11) is 4.30. The fourth-order valence-electron chi connectivity index (χ4n) is 6.38. The van der Waals surface area contributed by atoms with E-state index in [2.05, 4.69) is 45.1 Å². The van der Waals surface area contributed by atoms with Gasteiger partial charge in [-0.25, -0.2) is 0 Å². The van der Waals surface area contributed by atoms with Crippen molar-refractivity contribution in [1.82, 2.24) is 10.2 Å². The zero-order valence-corrected chi connectivity index (χ0v) is 25.2. The van der Waals surface area contributed by atoms with Crippen LogP contribution in [0.15, 0.2) is 30.3 Å². The third-order valence-electron chi connectivity index (χ3n) is 8.91. The number of amides is 1. The molecule has 1 amide bonds. The molecule has 2 heterocycles. The van der Waals surface area contributed by atoms with Crippen LogP contribution in [0.2, 0.25) is 0 Å². The average molecular weight is 545 g/mol. The molecule has 0 bridgehead atoms. The summed E-state index contributed by atoms with van der Waals surface area (Å²) in [6.07, 6.45) is 6.87. The molecule has 220 valence electrons. The molecule has 1 aromatic carbocycles. The Labute approximate surface area is 236 Å². The highest BCUT2D eigenvalue weighted by Crippen LogP contribution is 2.38. The smallest absolute Gasteiger partial charge is 0.302 e. The van der Waals surface area contributed by atoms with Crippen molar-refractivity contribution in [1.29, 1.82) is 0 Å². The summed E-state index contributed by atoms with van der Waals surface area (Å²) in [5, 5.41) is 3.05. The van der Waals surface area contributed by atoms with Gasteiger partial charge in [-0.2, -0.15) is 0 Å². The zero-order valence-electron chi connectivity index (χ0n) is 25.2. The van der Waals surface area contributed by atoms with Crippen molar-refractivity contribution in [2.24, 2.45) is 17.8 Å². The lowest BCUT2D eigenvalue weighted by Crippen LogP contribution is -2.43. The van der Waals surface area contributed by atoms with Gasteiger partial charge >= 0.3 is 5.97 Å². The first-order valence-electron chi connectivity index (χ1n) is 15.1. The lowest BCUT2D eigenvalue weighted by atomic mass is 9.84. The van der Waals surface area contributed by atoms with E-state index in [0.29, 0.717) is 12.6 Å². The number of carbonyl (C=O) groups excluding carboxylic acids is 2. The number of esters is 1. The van der Waals surface area contributed by atoms with Gasteiger partial charge in [0.25, 0.3) is 0 Å². The number of ether oxygens (including phenoxy) is 3. The maximum atomic E-state index is 12.9. The van der Waals surface area contributed by atoms with Crippen LogP contribution in [0.5, 0.6) is 0 Å². The van der Waals surface area contributed by atoms with E-state index in [-0.39, 0.29) is 60.2 Å². The van der Waals surface area contributed by atoms with Crippen molar-refractivity contribution < 1.29 is 23.8 Å². The van der Waals surface area contributed by atoms with Gasteiger partial charge in [0, 0.05) is 31.3 Å². The molecule has 7 heteroatoms. The van der Waals surface area contributed by atoms with Gasteiger partial charge in [0.2, 0.25) is 5.91 Å². The highest BCUT2D eigenvalue weighted by atomic mass is 16.6. The minimum Gasteiger partial charge on any atom is -0.462 e. The quantitative estimate of drug-likeness (QED) is 0.318. The molecule has 0 unspecified atom stereocenters. The Kier molecular flexibility index (Phi) is 12.3. The van der Waals surface area contributed by atoms with Crippen LogP contribution in [-0.4, -0.2) is 67.4 Å². The maximum absolute atomic E-state index is 12.9. The molecule has 0 radical (unpaired) electrons. The van der Waals surface area contributed by atoms with Crippen molar-refractivity contribution in [3.63, 3.8) is 0 Å². The van der Waals surface area contributed by atoms with E-state index >= 15 is 0 Å². The monoisotopic (exact) mass is 544 g/mol. The van der Waals surface area contributed by atoms with E-state index < -0.39 is 0 Å². The van der Waals surface area contributed by atoms with Gasteiger partial charge in [-0.3, -0.25) is 9.59 Å². The Bertz CT molecular complexity index is 894. The van der Waals surface area contributed by atoms with Crippen molar-refractivity contribution in [3.05, 3.63) is 35.9 Å². The van der Waals surface area contributed by atoms with Crippen LogP contribution in [0.3, 0.4) is 0 Å². The minimum absolute atomic E-state index is 0.00532. The summed E-state index contributed by atoms with van der Waals surface area (Å²) < 4.78 is 19.0. The summed E-state index contributed by atoms with van der Waals surface area (Å²) in [5.74, 6) is -0.446. The van der Waals surface area contributed by atoms with E-state index in [9.17, 15) is 9.59 Å². The van der Waals surface area contributed by atoms with Crippen molar-refractivity contribution in [2.75, 3.05) is 14.1 Å². The Morgan fingerprint density at radius 2 is 1.59 bits per heavy atom. The Morgan fingerprint density at radius 3 is 2.21 bits per heavy atom. The number of hydrogen-bond donors (Lipinski definition) is 1. The van der Waals surface area contributed by atoms with Gasteiger partial charge < -0.3 is 24.4 Å². The third kappa shape index (κ3) is 9.02. The predicted molar refractivity (Wildman–Crippen MR) is 154 cm³/mol. The van der Waals surface area contributed by atoms with Crippen LogP contribution < -0.4 is 5.32 Å². The number of nitrogens with one attached hydrogen (secondary N) is 1. The highest BCUT2D eigenvalue weighted by Gasteiger charge is 2.43. The summed E-state index contributed by atoms with van der Waals surface area (Å²) >= 11 is 0. The molecule has 1 N–H and O–H groups in total. The largest absolute Gasteiger partial charge is 0.462 e. The first kappa shape index (κ1) is 31.6. The molecular weight excluding hydrogens is 492 g/mol.